The number of rotatable bonds is 2. The van der Waals surface area contributed by atoms with Crippen molar-refractivity contribution in [3.05, 3.63) is 0 Å². The second-order valence-corrected chi connectivity index (χ2v) is 3.30. The maximum absolute atomic E-state index is 11.8. The molecule has 0 aromatic carbocycles. The Labute approximate surface area is 70.3 Å². The third kappa shape index (κ3) is 3.95. The minimum absolute atomic E-state index is 0.0976. The number of halogens is 3. The standard InChI is InChI=1S/C8H14F3N/c9-8(10,11)5-4-7-3-1-2-6-12-7/h7,12H,1-6H2. The van der Waals surface area contributed by atoms with Crippen LogP contribution in [0.25, 0.3) is 0 Å². The van der Waals surface area contributed by atoms with Crippen LogP contribution in [0.2, 0.25) is 0 Å². The molecule has 0 aromatic rings. The lowest BCUT2D eigenvalue weighted by Gasteiger charge is -2.23. The lowest BCUT2D eigenvalue weighted by molar-refractivity contribution is -0.136. The summed E-state index contributed by atoms with van der Waals surface area (Å²) in [5.41, 5.74) is 0. The minimum Gasteiger partial charge on any atom is -0.314 e. The molecule has 1 unspecified atom stereocenters. The molecule has 12 heavy (non-hydrogen) atoms. The fourth-order valence-electron chi connectivity index (χ4n) is 1.51. The van der Waals surface area contributed by atoms with Gasteiger partial charge in [-0.3, -0.25) is 0 Å². The van der Waals surface area contributed by atoms with E-state index >= 15 is 0 Å². The summed E-state index contributed by atoms with van der Waals surface area (Å²) in [6.45, 7) is 0.878. The number of nitrogens with one attached hydrogen (secondary N) is 1. The van der Waals surface area contributed by atoms with Crippen molar-refractivity contribution < 1.29 is 13.2 Å². The Kier molecular flexibility index (Phi) is 3.38. The zero-order valence-electron chi connectivity index (χ0n) is 6.95. The highest BCUT2D eigenvalue weighted by Gasteiger charge is 2.28. The monoisotopic (exact) mass is 181 g/mol. The average Bonchev–Trinajstić information content (AvgIpc) is 2.02. The first-order valence-corrected chi connectivity index (χ1v) is 4.38. The van der Waals surface area contributed by atoms with Crippen LogP contribution in [0.4, 0.5) is 13.2 Å². The smallest absolute Gasteiger partial charge is 0.314 e. The van der Waals surface area contributed by atoms with Gasteiger partial charge >= 0.3 is 6.18 Å². The third-order valence-corrected chi connectivity index (χ3v) is 2.19. The molecule has 0 amide bonds. The van der Waals surface area contributed by atoms with Crippen molar-refractivity contribution in [2.24, 2.45) is 0 Å². The molecule has 1 heterocycles. The van der Waals surface area contributed by atoms with E-state index in [1.165, 1.54) is 0 Å². The largest absolute Gasteiger partial charge is 0.389 e. The molecule has 1 saturated heterocycles. The molecule has 1 N–H and O–H groups in total. The number of hydrogen-bond donors (Lipinski definition) is 1. The van der Waals surface area contributed by atoms with E-state index in [0.717, 1.165) is 25.8 Å². The van der Waals surface area contributed by atoms with E-state index in [1.54, 1.807) is 0 Å². The van der Waals surface area contributed by atoms with Gasteiger partial charge in [-0.1, -0.05) is 6.42 Å². The Morgan fingerprint density at radius 3 is 2.50 bits per heavy atom. The first kappa shape index (κ1) is 9.84. The molecule has 72 valence electrons. The topological polar surface area (TPSA) is 12.0 Å². The fraction of sp³-hybridized carbons (Fsp3) is 1.00. The van der Waals surface area contributed by atoms with E-state index in [-0.39, 0.29) is 12.5 Å². The number of piperidine rings is 1. The lowest BCUT2D eigenvalue weighted by Crippen LogP contribution is -2.34. The van der Waals surface area contributed by atoms with E-state index < -0.39 is 12.6 Å². The van der Waals surface area contributed by atoms with Crippen LogP contribution in [0.3, 0.4) is 0 Å². The Morgan fingerprint density at radius 1 is 1.25 bits per heavy atom. The SMILES string of the molecule is FC(F)(F)CCC1CCCCN1. The van der Waals surface area contributed by atoms with Crippen LogP contribution < -0.4 is 5.32 Å². The average molecular weight is 181 g/mol. The van der Waals surface area contributed by atoms with Crippen LogP contribution in [-0.4, -0.2) is 18.8 Å². The minimum atomic E-state index is -3.99. The van der Waals surface area contributed by atoms with Crippen LogP contribution in [0, 0.1) is 0 Å². The molecule has 1 atom stereocenters. The first-order valence-electron chi connectivity index (χ1n) is 4.38. The highest BCUT2D eigenvalue weighted by atomic mass is 19.4. The van der Waals surface area contributed by atoms with E-state index in [1.807, 2.05) is 0 Å². The predicted molar refractivity (Wildman–Crippen MR) is 40.9 cm³/mol. The molecule has 0 aliphatic carbocycles. The maximum Gasteiger partial charge on any atom is 0.389 e. The van der Waals surface area contributed by atoms with Gasteiger partial charge in [0.05, 0.1) is 0 Å². The van der Waals surface area contributed by atoms with Gasteiger partial charge in [0.2, 0.25) is 0 Å². The van der Waals surface area contributed by atoms with Gasteiger partial charge < -0.3 is 5.32 Å². The van der Waals surface area contributed by atoms with Gasteiger partial charge in [-0.25, -0.2) is 0 Å². The summed E-state index contributed by atoms with van der Waals surface area (Å²) in [5, 5.41) is 3.09. The predicted octanol–water partition coefficient (Wildman–Crippen LogP) is 2.47. The second-order valence-electron chi connectivity index (χ2n) is 3.30. The third-order valence-electron chi connectivity index (χ3n) is 2.19. The zero-order valence-corrected chi connectivity index (χ0v) is 6.95. The van der Waals surface area contributed by atoms with Gasteiger partial charge in [0.15, 0.2) is 0 Å². The molecule has 0 saturated carbocycles. The van der Waals surface area contributed by atoms with E-state index in [2.05, 4.69) is 5.32 Å². The summed E-state index contributed by atoms with van der Waals surface area (Å²) >= 11 is 0. The van der Waals surface area contributed by atoms with E-state index in [4.69, 9.17) is 0 Å². The van der Waals surface area contributed by atoms with Crippen molar-refractivity contribution in [1.29, 1.82) is 0 Å². The summed E-state index contributed by atoms with van der Waals surface area (Å²) in [7, 11) is 0. The summed E-state index contributed by atoms with van der Waals surface area (Å²) < 4.78 is 35.3. The molecule has 0 aromatic heterocycles. The molecule has 0 radical (unpaired) electrons. The number of hydrogen-bond acceptors (Lipinski definition) is 1. The van der Waals surface area contributed by atoms with Gasteiger partial charge in [0.1, 0.15) is 0 Å². The maximum atomic E-state index is 11.8. The van der Waals surface area contributed by atoms with Gasteiger partial charge in [-0.15, -0.1) is 0 Å². The van der Waals surface area contributed by atoms with Crippen LogP contribution >= 0.6 is 0 Å². The van der Waals surface area contributed by atoms with Crippen molar-refractivity contribution in [1.82, 2.24) is 5.32 Å². The van der Waals surface area contributed by atoms with Crippen LogP contribution in [0.15, 0.2) is 0 Å². The summed E-state index contributed by atoms with van der Waals surface area (Å²) in [6.07, 6.45) is -1.33. The summed E-state index contributed by atoms with van der Waals surface area (Å²) in [6, 6.07) is 0.0976. The van der Waals surface area contributed by atoms with Crippen molar-refractivity contribution in [3.63, 3.8) is 0 Å². The van der Waals surface area contributed by atoms with E-state index in [9.17, 15) is 13.2 Å². The molecule has 1 nitrogen and oxygen atoms in total. The van der Waals surface area contributed by atoms with Crippen molar-refractivity contribution in [2.75, 3.05) is 6.54 Å². The number of alkyl halides is 3. The molecule has 1 aliphatic heterocycles. The van der Waals surface area contributed by atoms with Gasteiger partial charge in [-0.2, -0.15) is 13.2 Å². The first-order chi connectivity index (χ1) is 5.58. The van der Waals surface area contributed by atoms with Gasteiger partial charge in [0.25, 0.3) is 0 Å². The molecule has 4 heteroatoms. The van der Waals surface area contributed by atoms with Gasteiger partial charge in [-0.05, 0) is 25.8 Å². The van der Waals surface area contributed by atoms with Crippen LogP contribution in [-0.2, 0) is 0 Å². The zero-order chi connectivity index (χ0) is 9.03. The van der Waals surface area contributed by atoms with Crippen LogP contribution in [0.5, 0.6) is 0 Å². The Balaban J connectivity index is 2.13. The van der Waals surface area contributed by atoms with Crippen LogP contribution in [0.1, 0.15) is 32.1 Å². The fourth-order valence-corrected chi connectivity index (χ4v) is 1.51. The molecular weight excluding hydrogens is 167 g/mol. The molecule has 1 aliphatic rings. The summed E-state index contributed by atoms with van der Waals surface area (Å²) in [5.74, 6) is 0. The molecule has 1 rings (SSSR count). The van der Waals surface area contributed by atoms with E-state index in [0.29, 0.717) is 0 Å². The van der Waals surface area contributed by atoms with Crippen molar-refractivity contribution >= 4 is 0 Å². The Morgan fingerprint density at radius 2 is 2.00 bits per heavy atom. The Hall–Kier alpha value is -0.250. The molecule has 0 spiro atoms. The van der Waals surface area contributed by atoms with Crippen molar-refractivity contribution in [2.45, 2.75) is 44.3 Å². The molecular formula is C8H14F3N. The normalized spacial score (nSPS) is 25.8. The second kappa shape index (κ2) is 4.12. The van der Waals surface area contributed by atoms with Gasteiger partial charge in [0, 0.05) is 12.5 Å². The van der Waals surface area contributed by atoms with Crippen molar-refractivity contribution in [3.8, 4) is 0 Å². The molecule has 0 bridgehead atoms. The summed E-state index contributed by atoms with van der Waals surface area (Å²) in [4.78, 5) is 0. The Bertz CT molecular complexity index is 127. The highest BCUT2D eigenvalue weighted by molar-refractivity contribution is 4.72. The lowest BCUT2D eigenvalue weighted by atomic mass is 10.0. The quantitative estimate of drug-likeness (QED) is 0.690. The molecule has 1 fully saturated rings. The highest BCUT2D eigenvalue weighted by Crippen LogP contribution is 2.24.